The summed E-state index contributed by atoms with van der Waals surface area (Å²) in [7, 11) is 2.84. The molecule has 0 aliphatic heterocycles. The number of rotatable bonds is 8. The van der Waals surface area contributed by atoms with Crippen LogP contribution in [0.1, 0.15) is 51.8 Å². The van der Waals surface area contributed by atoms with Crippen molar-refractivity contribution in [3.8, 4) is 5.75 Å². The minimum absolute atomic E-state index is 0.0863. The third-order valence-electron chi connectivity index (χ3n) is 5.90. The number of esters is 1. The molecule has 1 amide bonds. The second kappa shape index (κ2) is 9.89. The number of carbonyl (C=O) groups is 2. The van der Waals surface area contributed by atoms with Gasteiger partial charge < -0.3 is 19.2 Å². The van der Waals surface area contributed by atoms with Gasteiger partial charge in [0.15, 0.2) is 11.5 Å². The maximum Gasteiger partial charge on any atom is 0.358 e. The summed E-state index contributed by atoms with van der Waals surface area (Å²) in [5.74, 6) is 0.151. The summed E-state index contributed by atoms with van der Waals surface area (Å²) in [5, 5.41) is 6.62. The zero-order chi connectivity index (χ0) is 25.0. The van der Waals surface area contributed by atoms with E-state index in [-0.39, 0.29) is 29.2 Å². The van der Waals surface area contributed by atoms with Crippen molar-refractivity contribution in [1.82, 2.24) is 9.78 Å². The molecule has 180 valence electrons. The Morgan fingerprint density at radius 1 is 1.00 bits per heavy atom. The molecule has 4 rings (SSSR count). The van der Waals surface area contributed by atoms with Crippen LogP contribution in [-0.2, 0) is 23.8 Å². The highest BCUT2D eigenvalue weighted by atomic mass is 16.5. The number of furan rings is 1. The standard InChI is InChI=1S/C27H27N3O5/c1-27(2,18-8-6-5-7-9-18)19-10-12-20(13-11-19)34-17-21-14-15-23(35-21)25(31)29-22-16-28-30(3)24(22)26(32)33-4/h5-16H,17H2,1-4H3,(H,29,31). The first kappa shape index (κ1) is 23.8. The van der Waals surface area contributed by atoms with Crippen molar-refractivity contribution in [2.45, 2.75) is 25.9 Å². The second-order valence-electron chi connectivity index (χ2n) is 8.55. The lowest BCUT2D eigenvalue weighted by molar-refractivity contribution is 0.0589. The van der Waals surface area contributed by atoms with E-state index in [1.54, 1.807) is 19.2 Å². The third kappa shape index (κ3) is 5.11. The Labute approximate surface area is 203 Å². The summed E-state index contributed by atoms with van der Waals surface area (Å²) in [6, 6.07) is 21.5. The van der Waals surface area contributed by atoms with Crippen LogP contribution in [-0.4, -0.2) is 28.8 Å². The van der Waals surface area contributed by atoms with Gasteiger partial charge in [-0.25, -0.2) is 4.79 Å². The largest absolute Gasteiger partial charge is 0.486 e. The minimum Gasteiger partial charge on any atom is -0.486 e. The van der Waals surface area contributed by atoms with E-state index < -0.39 is 11.9 Å². The number of ether oxygens (including phenoxy) is 2. The minimum atomic E-state index is -0.605. The lowest BCUT2D eigenvalue weighted by atomic mass is 9.78. The van der Waals surface area contributed by atoms with E-state index in [9.17, 15) is 9.59 Å². The van der Waals surface area contributed by atoms with E-state index in [1.807, 2.05) is 30.3 Å². The summed E-state index contributed by atoms with van der Waals surface area (Å²) in [5.41, 5.74) is 2.65. The van der Waals surface area contributed by atoms with Crippen LogP contribution in [0.4, 0.5) is 5.69 Å². The smallest absolute Gasteiger partial charge is 0.358 e. The summed E-state index contributed by atoms with van der Waals surface area (Å²) in [4.78, 5) is 24.5. The van der Waals surface area contributed by atoms with Crippen molar-refractivity contribution >= 4 is 17.6 Å². The monoisotopic (exact) mass is 473 g/mol. The molecule has 0 saturated carbocycles. The van der Waals surface area contributed by atoms with Gasteiger partial charge in [-0.1, -0.05) is 56.3 Å². The fourth-order valence-corrected chi connectivity index (χ4v) is 3.77. The molecule has 1 N–H and O–H groups in total. The number of hydrogen-bond acceptors (Lipinski definition) is 6. The van der Waals surface area contributed by atoms with Crippen molar-refractivity contribution in [1.29, 1.82) is 0 Å². The van der Waals surface area contributed by atoms with E-state index >= 15 is 0 Å². The van der Waals surface area contributed by atoms with Gasteiger partial charge in [-0.3, -0.25) is 9.48 Å². The number of anilines is 1. The van der Waals surface area contributed by atoms with Gasteiger partial charge in [0.25, 0.3) is 5.91 Å². The predicted octanol–water partition coefficient (Wildman–Crippen LogP) is 4.96. The molecule has 8 heteroatoms. The Hall–Kier alpha value is -4.33. The molecular formula is C27H27N3O5. The van der Waals surface area contributed by atoms with Gasteiger partial charge in [0, 0.05) is 12.5 Å². The molecule has 2 heterocycles. The Kier molecular flexibility index (Phi) is 6.73. The maximum atomic E-state index is 12.6. The predicted molar refractivity (Wildman–Crippen MR) is 131 cm³/mol. The maximum absolute atomic E-state index is 12.6. The second-order valence-corrected chi connectivity index (χ2v) is 8.55. The molecule has 2 aromatic heterocycles. The van der Waals surface area contributed by atoms with Crippen LogP contribution >= 0.6 is 0 Å². The number of aromatic nitrogens is 2. The third-order valence-corrected chi connectivity index (χ3v) is 5.90. The highest BCUT2D eigenvalue weighted by Crippen LogP contribution is 2.32. The molecule has 0 aliphatic carbocycles. The average Bonchev–Trinajstić information content (AvgIpc) is 3.50. The van der Waals surface area contributed by atoms with Crippen molar-refractivity contribution in [2.75, 3.05) is 12.4 Å². The van der Waals surface area contributed by atoms with Crippen molar-refractivity contribution < 1.29 is 23.5 Å². The average molecular weight is 474 g/mol. The Balaban J connectivity index is 1.38. The summed E-state index contributed by atoms with van der Waals surface area (Å²) in [6.07, 6.45) is 1.37. The summed E-state index contributed by atoms with van der Waals surface area (Å²) in [6.45, 7) is 4.54. The quantitative estimate of drug-likeness (QED) is 0.364. The molecule has 0 aliphatic rings. The van der Waals surface area contributed by atoms with Crippen molar-refractivity contribution in [3.05, 3.63) is 101 Å². The van der Waals surface area contributed by atoms with Crippen LogP contribution < -0.4 is 10.1 Å². The lowest BCUT2D eigenvalue weighted by Crippen LogP contribution is -2.18. The molecule has 0 fully saturated rings. The number of aryl methyl sites for hydroxylation is 1. The fourth-order valence-electron chi connectivity index (χ4n) is 3.77. The number of amides is 1. The van der Waals surface area contributed by atoms with Gasteiger partial charge in [-0.15, -0.1) is 0 Å². The summed E-state index contributed by atoms with van der Waals surface area (Å²) >= 11 is 0. The van der Waals surface area contributed by atoms with Crippen LogP contribution in [0.15, 0.2) is 77.3 Å². The van der Waals surface area contributed by atoms with Gasteiger partial charge >= 0.3 is 5.97 Å². The van der Waals surface area contributed by atoms with Gasteiger partial charge in [0.05, 0.1) is 19.0 Å². The number of carbonyl (C=O) groups excluding carboxylic acids is 2. The molecule has 0 radical (unpaired) electrons. The van der Waals surface area contributed by atoms with Gasteiger partial charge in [0.2, 0.25) is 0 Å². The molecular weight excluding hydrogens is 446 g/mol. The number of benzene rings is 2. The van der Waals surface area contributed by atoms with Gasteiger partial charge in [-0.2, -0.15) is 5.10 Å². The fraction of sp³-hybridized carbons (Fsp3) is 0.222. The number of nitrogens with zero attached hydrogens (tertiary/aromatic N) is 2. The number of hydrogen-bond donors (Lipinski definition) is 1. The molecule has 35 heavy (non-hydrogen) atoms. The zero-order valence-corrected chi connectivity index (χ0v) is 20.1. The Morgan fingerprint density at radius 3 is 2.37 bits per heavy atom. The van der Waals surface area contributed by atoms with Crippen LogP contribution in [0.3, 0.4) is 0 Å². The van der Waals surface area contributed by atoms with E-state index in [0.29, 0.717) is 11.5 Å². The first-order valence-corrected chi connectivity index (χ1v) is 11.1. The highest BCUT2D eigenvalue weighted by molar-refractivity contribution is 6.06. The first-order chi connectivity index (χ1) is 16.8. The topological polar surface area (TPSA) is 95.6 Å². The van der Waals surface area contributed by atoms with Gasteiger partial charge in [0.1, 0.15) is 18.1 Å². The first-order valence-electron chi connectivity index (χ1n) is 11.1. The van der Waals surface area contributed by atoms with Crippen LogP contribution in [0.2, 0.25) is 0 Å². The Morgan fingerprint density at radius 2 is 1.69 bits per heavy atom. The molecule has 0 atom stereocenters. The molecule has 0 unspecified atom stereocenters. The van der Waals surface area contributed by atoms with Crippen LogP contribution in [0.25, 0.3) is 0 Å². The lowest BCUT2D eigenvalue weighted by Gasteiger charge is -2.26. The van der Waals surface area contributed by atoms with E-state index in [2.05, 4.69) is 48.5 Å². The number of methoxy groups -OCH3 is 1. The zero-order valence-electron chi connectivity index (χ0n) is 20.1. The molecule has 2 aromatic carbocycles. The van der Waals surface area contributed by atoms with Gasteiger partial charge in [-0.05, 0) is 35.4 Å². The molecule has 0 saturated heterocycles. The molecule has 0 bridgehead atoms. The summed E-state index contributed by atoms with van der Waals surface area (Å²) < 4.78 is 17.5. The molecule has 4 aromatic rings. The van der Waals surface area contributed by atoms with Crippen LogP contribution in [0, 0.1) is 0 Å². The van der Waals surface area contributed by atoms with Crippen molar-refractivity contribution in [3.63, 3.8) is 0 Å². The Bertz CT molecular complexity index is 1320. The van der Waals surface area contributed by atoms with E-state index in [1.165, 1.54) is 29.1 Å². The van der Waals surface area contributed by atoms with E-state index in [0.717, 1.165) is 0 Å². The normalized spacial score (nSPS) is 11.2. The molecule has 8 nitrogen and oxygen atoms in total. The SMILES string of the molecule is COC(=O)c1c(NC(=O)c2ccc(COc3ccc(C(C)(C)c4ccccc4)cc3)o2)cnn1C. The van der Waals surface area contributed by atoms with Crippen molar-refractivity contribution in [2.24, 2.45) is 7.05 Å². The van der Waals surface area contributed by atoms with E-state index in [4.69, 9.17) is 13.9 Å². The highest BCUT2D eigenvalue weighted by Gasteiger charge is 2.23. The number of nitrogens with one attached hydrogen (secondary N) is 1. The molecule has 0 spiro atoms. The van der Waals surface area contributed by atoms with Crippen LogP contribution in [0.5, 0.6) is 5.75 Å².